The molecule has 9 heteroatoms. The summed E-state index contributed by atoms with van der Waals surface area (Å²) in [6, 6.07) is 11.8. The number of benzene rings is 2. The first-order valence-electron chi connectivity index (χ1n) is 7.55. The standard InChI is InChI=1S/C18H13ClN4O4/c1-11(24)12-3-2-4-14(7-12)21-10-13(9-20)18(25)22-17-8-15(23(26)27)5-6-16(17)19/h2-8,10,21H,1H3,(H,22,25)/b13-10-. The number of nitro benzene ring substituents is 1. The van der Waals surface area contributed by atoms with Gasteiger partial charge in [-0.15, -0.1) is 0 Å². The molecule has 27 heavy (non-hydrogen) atoms. The van der Waals surface area contributed by atoms with E-state index in [1.807, 2.05) is 0 Å². The Morgan fingerprint density at radius 1 is 1.26 bits per heavy atom. The smallest absolute Gasteiger partial charge is 0.271 e. The molecule has 0 aliphatic carbocycles. The lowest BCUT2D eigenvalue weighted by Crippen LogP contribution is -2.15. The number of anilines is 2. The molecule has 2 aromatic carbocycles. The van der Waals surface area contributed by atoms with E-state index in [1.165, 1.54) is 25.3 Å². The van der Waals surface area contributed by atoms with Crippen molar-refractivity contribution < 1.29 is 14.5 Å². The molecule has 0 saturated heterocycles. The van der Waals surface area contributed by atoms with Crippen molar-refractivity contribution in [3.63, 3.8) is 0 Å². The fraction of sp³-hybridized carbons (Fsp3) is 0.0556. The molecule has 2 N–H and O–H groups in total. The van der Waals surface area contributed by atoms with Crippen LogP contribution in [0.2, 0.25) is 5.02 Å². The largest absolute Gasteiger partial charge is 0.360 e. The number of hydrogen-bond donors (Lipinski definition) is 2. The van der Waals surface area contributed by atoms with E-state index in [0.29, 0.717) is 11.3 Å². The van der Waals surface area contributed by atoms with Gasteiger partial charge in [-0.25, -0.2) is 0 Å². The normalized spacial score (nSPS) is 10.6. The van der Waals surface area contributed by atoms with Crippen LogP contribution in [-0.4, -0.2) is 16.6 Å². The van der Waals surface area contributed by atoms with Crippen molar-refractivity contribution in [2.45, 2.75) is 6.92 Å². The van der Waals surface area contributed by atoms with Gasteiger partial charge in [0.1, 0.15) is 11.6 Å². The summed E-state index contributed by atoms with van der Waals surface area (Å²) in [4.78, 5) is 33.8. The lowest BCUT2D eigenvalue weighted by molar-refractivity contribution is -0.384. The predicted molar refractivity (Wildman–Crippen MR) is 101 cm³/mol. The van der Waals surface area contributed by atoms with E-state index in [9.17, 15) is 25.0 Å². The van der Waals surface area contributed by atoms with Gasteiger partial charge in [0.15, 0.2) is 5.78 Å². The van der Waals surface area contributed by atoms with Gasteiger partial charge in [-0.05, 0) is 25.1 Å². The zero-order valence-corrected chi connectivity index (χ0v) is 14.8. The second kappa shape index (κ2) is 8.60. The Bertz CT molecular complexity index is 995. The molecule has 2 aromatic rings. The molecule has 0 radical (unpaired) electrons. The van der Waals surface area contributed by atoms with Gasteiger partial charge >= 0.3 is 0 Å². The molecule has 0 aliphatic heterocycles. The second-order valence-electron chi connectivity index (χ2n) is 5.33. The molecule has 136 valence electrons. The lowest BCUT2D eigenvalue weighted by atomic mass is 10.1. The number of nitrogens with one attached hydrogen (secondary N) is 2. The maximum Gasteiger partial charge on any atom is 0.271 e. The van der Waals surface area contributed by atoms with Crippen molar-refractivity contribution in [1.29, 1.82) is 5.26 Å². The van der Waals surface area contributed by atoms with Crippen LogP contribution in [0, 0.1) is 21.4 Å². The fourth-order valence-electron chi connectivity index (χ4n) is 2.04. The number of nitrogens with zero attached hydrogens (tertiary/aromatic N) is 2. The number of halogens is 1. The number of carbonyl (C=O) groups excluding carboxylic acids is 2. The molecule has 1 amide bonds. The Kier molecular flexibility index (Phi) is 6.25. The minimum atomic E-state index is -0.796. The highest BCUT2D eigenvalue weighted by Crippen LogP contribution is 2.27. The number of nitro groups is 1. The molecule has 8 nitrogen and oxygen atoms in total. The van der Waals surface area contributed by atoms with Crippen LogP contribution in [0.1, 0.15) is 17.3 Å². The van der Waals surface area contributed by atoms with Crippen molar-refractivity contribution in [3.8, 4) is 6.07 Å². The Morgan fingerprint density at radius 2 is 2.00 bits per heavy atom. The highest BCUT2D eigenvalue weighted by Gasteiger charge is 2.15. The molecule has 0 unspecified atom stereocenters. The van der Waals surface area contributed by atoms with Crippen LogP contribution in [0.25, 0.3) is 0 Å². The van der Waals surface area contributed by atoms with Gasteiger partial charge in [0.05, 0.1) is 15.6 Å². The quantitative estimate of drug-likeness (QED) is 0.256. The number of ketones is 1. The molecule has 0 saturated carbocycles. The molecule has 0 bridgehead atoms. The zero-order valence-electron chi connectivity index (χ0n) is 14.0. The summed E-state index contributed by atoms with van der Waals surface area (Å²) in [5.74, 6) is -0.920. The van der Waals surface area contributed by atoms with Crippen LogP contribution in [-0.2, 0) is 4.79 Å². The number of amides is 1. The van der Waals surface area contributed by atoms with Crippen LogP contribution in [0.4, 0.5) is 17.1 Å². The van der Waals surface area contributed by atoms with E-state index >= 15 is 0 Å². The summed E-state index contributed by atoms with van der Waals surface area (Å²) in [5, 5.41) is 25.2. The Morgan fingerprint density at radius 3 is 2.63 bits per heavy atom. The van der Waals surface area contributed by atoms with Crippen molar-refractivity contribution in [2.24, 2.45) is 0 Å². The maximum absolute atomic E-state index is 12.2. The first kappa shape index (κ1) is 19.6. The van der Waals surface area contributed by atoms with Crippen LogP contribution < -0.4 is 10.6 Å². The highest BCUT2D eigenvalue weighted by molar-refractivity contribution is 6.34. The lowest BCUT2D eigenvalue weighted by Gasteiger charge is -2.07. The predicted octanol–water partition coefficient (Wildman–Crippen LogP) is 3.91. The average molecular weight is 385 g/mol. The highest BCUT2D eigenvalue weighted by atomic mass is 35.5. The van der Waals surface area contributed by atoms with Gasteiger partial charge in [0.2, 0.25) is 0 Å². The van der Waals surface area contributed by atoms with Crippen LogP contribution in [0.15, 0.2) is 54.2 Å². The van der Waals surface area contributed by atoms with Crippen molar-refractivity contribution in [1.82, 2.24) is 0 Å². The molecular formula is C18H13ClN4O4. The van der Waals surface area contributed by atoms with Gasteiger partial charge < -0.3 is 10.6 Å². The minimum absolute atomic E-state index is 0.00981. The van der Waals surface area contributed by atoms with Crippen molar-refractivity contribution >= 4 is 40.4 Å². The van der Waals surface area contributed by atoms with E-state index < -0.39 is 10.8 Å². The third kappa shape index (κ3) is 5.14. The summed E-state index contributed by atoms with van der Waals surface area (Å²) in [5.41, 5.74) is 0.453. The van der Waals surface area contributed by atoms with Crippen molar-refractivity contribution in [3.05, 3.63) is 74.9 Å². The molecule has 0 aromatic heterocycles. The van der Waals surface area contributed by atoms with E-state index in [4.69, 9.17) is 11.6 Å². The first-order chi connectivity index (χ1) is 12.8. The molecule has 2 rings (SSSR count). The molecule has 0 heterocycles. The average Bonchev–Trinajstić information content (AvgIpc) is 2.64. The van der Waals surface area contributed by atoms with Crippen LogP contribution in [0.5, 0.6) is 0 Å². The Hall–Kier alpha value is -3.70. The zero-order chi connectivity index (χ0) is 20.0. The van der Waals surface area contributed by atoms with Gasteiger partial charge in [-0.3, -0.25) is 19.7 Å². The molecule has 0 fully saturated rings. The number of nitriles is 1. The molecular weight excluding hydrogens is 372 g/mol. The Balaban J connectivity index is 2.19. The Labute approximate surface area is 159 Å². The van der Waals surface area contributed by atoms with Gasteiger partial charge in [0.25, 0.3) is 11.6 Å². The minimum Gasteiger partial charge on any atom is -0.360 e. The van der Waals surface area contributed by atoms with E-state index in [1.54, 1.807) is 30.3 Å². The van der Waals surface area contributed by atoms with Crippen molar-refractivity contribution in [2.75, 3.05) is 10.6 Å². The molecule has 0 spiro atoms. The third-order valence-corrected chi connectivity index (χ3v) is 3.76. The number of Topliss-reactive ketones (excluding diaryl/α,β-unsaturated/α-hetero) is 1. The number of rotatable bonds is 6. The van der Waals surface area contributed by atoms with Gasteiger partial charge in [-0.2, -0.15) is 5.26 Å². The number of hydrogen-bond acceptors (Lipinski definition) is 6. The number of non-ortho nitro benzene ring substituents is 1. The summed E-state index contributed by atoms with van der Waals surface area (Å²) in [6.07, 6.45) is 1.17. The first-order valence-corrected chi connectivity index (χ1v) is 7.92. The van der Waals surface area contributed by atoms with E-state index in [-0.39, 0.29) is 27.8 Å². The SMILES string of the molecule is CC(=O)c1cccc(N/C=C(/C#N)C(=O)Nc2cc([N+](=O)[O-])ccc2Cl)c1. The monoisotopic (exact) mass is 384 g/mol. The second-order valence-corrected chi connectivity index (χ2v) is 5.73. The topological polar surface area (TPSA) is 125 Å². The summed E-state index contributed by atoms with van der Waals surface area (Å²) >= 11 is 5.93. The molecule has 0 aliphatic rings. The third-order valence-electron chi connectivity index (χ3n) is 3.43. The fourth-order valence-corrected chi connectivity index (χ4v) is 2.21. The summed E-state index contributed by atoms with van der Waals surface area (Å²) in [6.45, 7) is 1.42. The van der Waals surface area contributed by atoms with Gasteiger partial charge in [0, 0.05) is 29.6 Å². The van der Waals surface area contributed by atoms with Gasteiger partial charge in [-0.1, -0.05) is 23.7 Å². The van der Waals surface area contributed by atoms with E-state index in [0.717, 1.165) is 6.07 Å². The van der Waals surface area contributed by atoms with E-state index in [2.05, 4.69) is 10.6 Å². The molecule has 0 atom stereocenters. The maximum atomic E-state index is 12.2. The number of carbonyl (C=O) groups is 2. The van der Waals surface area contributed by atoms with Crippen LogP contribution in [0.3, 0.4) is 0 Å². The summed E-state index contributed by atoms with van der Waals surface area (Å²) < 4.78 is 0. The summed E-state index contributed by atoms with van der Waals surface area (Å²) in [7, 11) is 0. The van der Waals surface area contributed by atoms with Crippen LogP contribution >= 0.6 is 11.6 Å².